The van der Waals surface area contributed by atoms with E-state index in [1.807, 2.05) is 6.07 Å². The molecule has 0 atom stereocenters. The van der Waals surface area contributed by atoms with Crippen LogP contribution in [-0.2, 0) is 6.54 Å². The summed E-state index contributed by atoms with van der Waals surface area (Å²) in [6.45, 7) is 0.741. The van der Waals surface area contributed by atoms with Crippen molar-refractivity contribution in [2.75, 3.05) is 14.2 Å². The molecular weight excluding hydrogens is 240 g/mol. The summed E-state index contributed by atoms with van der Waals surface area (Å²) in [5.41, 5.74) is 0.922. The first-order valence-electron chi connectivity index (χ1n) is 7.14. The van der Waals surface area contributed by atoms with Gasteiger partial charge in [-0.3, -0.25) is 4.98 Å². The van der Waals surface area contributed by atoms with Gasteiger partial charge in [0.2, 0.25) is 0 Å². The zero-order chi connectivity index (χ0) is 13.5. The van der Waals surface area contributed by atoms with Crippen LogP contribution in [0.4, 0.5) is 0 Å². The summed E-state index contributed by atoms with van der Waals surface area (Å²) >= 11 is 0. The second kappa shape index (κ2) is 7.34. The quantitative estimate of drug-likeness (QED) is 0.830. The van der Waals surface area contributed by atoms with Crippen LogP contribution in [0.5, 0.6) is 11.5 Å². The molecule has 1 heterocycles. The van der Waals surface area contributed by atoms with E-state index in [2.05, 4.69) is 10.3 Å². The van der Waals surface area contributed by atoms with Gasteiger partial charge in [0.05, 0.1) is 19.9 Å². The summed E-state index contributed by atoms with van der Waals surface area (Å²) < 4.78 is 10.7. The van der Waals surface area contributed by atoms with Crippen LogP contribution >= 0.6 is 0 Å². The highest BCUT2D eigenvalue weighted by atomic mass is 16.5. The molecule has 1 fully saturated rings. The molecule has 1 N–H and O–H groups in total. The molecule has 0 aliphatic heterocycles. The molecule has 4 heteroatoms. The van der Waals surface area contributed by atoms with Crippen molar-refractivity contribution in [1.29, 1.82) is 0 Å². The normalized spacial score (nSPS) is 16.9. The smallest absolute Gasteiger partial charge is 0.183 e. The monoisotopic (exact) mass is 264 g/mol. The van der Waals surface area contributed by atoms with E-state index in [1.165, 1.54) is 38.5 Å². The van der Waals surface area contributed by atoms with Crippen molar-refractivity contribution in [1.82, 2.24) is 10.3 Å². The molecule has 0 saturated heterocycles. The van der Waals surface area contributed by atoms with Crippen LogP contribution in [0.25, 0.3) is 0 Å². The fraction of sp³-hybridized carbons (Fsp3) is 0.667. The number of aromatic nitrogens is 1. The van der Waals surface area contributed by atoms with Gasteiger partial charge in [-0.05, 0) is 12.8 Å². The maximum atomic E-state index is 5.40. The van der Waals surface area contributed by atoms with Gasteiger partial charge in [0.15, 0.2) is 11.5 Å². The van der Waals surface area contributed by atoms with Crippen LogP contribution in [0.15, 0.2) is 12.3 Å². The zero-order valence-corrected chi connectivity index (χ0v) is 11.9. The molecule has 2 rings (SSSR count). The Morgan fingerprint density at radius 1 is 1.16 bits per heavy atom. The van der Waals surface area contributed by atoms with Crippen LogP contribution in [0, 0.1) is 0 Å². The van der Waals surface area contributed by atoms with Gasteiger partial charge in [0, 0.05) is 24.8 Å². The largest absolute Gasteiger partial charge is 0.493 e. The molecular formula is C15H24N2O2. The first kappa shape index (κ1) is 14.1. The molecule has 0 aromatic carbocycles. The Bertz CT molecular complexity index is 388. The highest BCUT2D eigenvalue weighted by Gasteiger charge is 2.15. The molecule has 0 bridgehead atoms. The highest BCUT2D eigenvalue weighted by molar-refractivity contribution is 5.42. The number of nitrogens with zero attached hydrogens (tertiary/aromatic N) is 1. The number of methoxy groups -OCH3 is 2. The average molecular weight is 264 g/mol. The summed E-state index contributed by atoms with van der Waals surface area (Å²) in [6.07, 6.45) is 9.72. The number of nitrogens with one attached hydrogen (secondary N) is 1. The van der Waals surface area contributed by atoms with Crippen molar-refractivity contribution in [2.24, 2.45) is 0 Å². The van der Waals surface area contributed by atoms with Gasteiger partial charge in [-0.1, -0.05) is 25.7 Å². The molecule has 1 aromatic heterocycles. The maximum Gasteiger partial charge on any atom is 0.183 e. The predicted molar refractivity (Wildman–Crippen MR) is 75.7 cm³/mol. The topological polar surface area (TPSA) is 43.4 Å². The van der Waals surface area contributed by atoms with Crippen LogP contribution in [-0.4, -0.2) is 25.2 Å². The lowest BCUT2D eigenvalue weighted by molar-refractivity contribution is 0.346. The summed E-state index contributed by atoms with van der Waals surface area (Å²) in [4.78, 5) is 4.40. The van der Waals surface area contributed by atoms with Gasteiger partial charge in [0.1, 0.15) is 0 Å². The second-order valence-electron chi connectivity index (χ2n) is 5.06. The fourth-order valence-corrected chi connectivity index (χ4v) is 2.70. The molecule has 0 amide bonds. The van der Waals surface area contributed by atoms with E-state index in [0.717, 1.165) is 23.7 Å². The van der Waals surface area contributed by atoms with Gasteiger partial charge in [-0.2, -0.15) is 0 Å². The summed E-state index contributed by atoms with van der Waals surface area (Å²) in [7, 11) is 3.31. The van der Waals surface area contributed by atoms with Gasteiger partial charge in [0.25, 0.3) is 0 Å². The molecule has 0 unspecified atom stereocenters. The van der Waals surface area contributed by atoms with Crippen molar-refractivity contribution in [3.63, 3.8) is 0 Å². The third-order valence-electron chi connectivity index (χ3n) is 3.78. The third-order valence-corrected chi connectivity index (χ3v) is 3.78. The molecule has 1 aliphatic carbocycles. The highest BCUT2D eigenvalue weighted by Crippen LogP contribution is 2.29. The Morgan fingerprint density at radius 2 is 1.89 bits per heavy atom. The van der Waals surface area contributed by atoms with Crippen molar-refractivity contribution in [2.45, 2.75) is 51.1 Å². The molecule has 106 valence electrons. The van der Waals surface area contributed by atoms with Crippen LogP contribution in [0.2, 0.25) is 0 Å². The molecule has 0 spiro atoms. The van der Waals surface area contributed by atoms with E-state index in [-0.39, 0.29) is 0 Å². The Balaban J connectivity index is 1.98. The van der Waals surface area contributed by atoms with E-state index in [1.54, 1.807) is 20.4 Å². The minimum atomic E-state index is 0.611. The fourth-order valence-electron chi connectivity index (χ4n) is 2.70. The van der Waals surface area contributed by atoms with Crippen LogP contribution in [0.1, 0.15) is 44.2 Å². The van der Waals surface area contributed by atoms with Gasteiger partial charge in [-0.15, -0.1) is 0 Å². The Kier molecular flexibility index (Phi) is 5.45. The van der Waals surface area contributed by atoms with Crippen molar-refractivity contribution >= 4 is 0 Å². The second-order valence-corrected chi connectivity index (χ2v) is 5.06. The molecule has 4 nitrogen and oxygen atoms in total. The predicted octanol–water partition coefficient (Wildman–Crippen LogP) is 2.91. The third kappa shape index (κ3) is 3.83. The van der Waals surface area contributed by atoms with E-state index >= 15 is 0 Å². The van der Waals surface area contributed by atoms with Crippen LogP contribution < -0.4 is 14.8 Å². The van der Waals surface area contributed by atoms with E-state index in [0.29, 0.717) is 6.04 Å². The lowest BCUT2D eigenvalue weighted by atomic mass is 10.1. The van der Waals surface area contributed by atoms with E-state index in [4.69, 9.17) is 9.47 Å². The Hall–Kier alpha value is -1.29. The Labute approximate surface area is 115 Å². The molecule has 19 heavy (non-hydrogen) atoms. The first-order valence-corrected chi connectivity index (χ1v) is 7.14. The Morgan fingerprint density at radius 3 is 2.53 bits per heavy atom. The lowest BCUT2D eigenvalue weighted by Gasteiger charge is -2.17. The number of ether oxygens (including phenoxy) is 2. The minimum Gasteiger partial charge on any atom is -0.493 e. The minimum absolute atomic E-state index is 0.611. The van der Waals surface area contributed by atoms with E-state index in [9.17, 15) is 0 Å². The van der Waals surface area contributed by atoms with Gasteiger partial charge in [-0.25, -0.2) is 0 Å². The van der Waals surface area contributed by atoms with Crippen LogP contribution in [0.3, 0.4) is 0 Å². The summed E-state index contributed by atoms with van der Waals surface area (Å²) in [5.74, 6) is 1.49. The lowest BCUT2D eigenvalue weighted by Crippen LogP contribution is -2.28. The molecule has 1 aromatic rings. The standard InChI is InChI=1S/C15H24N2O2/c1-18-14-9-10-16-13(15(14)19-2)11-17-12-7-5-3-4-6-8-12/h9-10,12,17H,3-8,11H2,1-2H3. The number of rotatable bonds is 5. The zero-order valence-electron chi connectivity index (χ0n) is 11.9. The molecule has 1 saturated carbocycles. The molecule has 0 radical (unpaired) electrons. The van der Waals surface area contributed by atoms with Gasteiger partial charge >= 0.3 is 0 Å². The maximum absolute atomic E-state index is 5.40. The molecule has 1 aliphatic rings. The number of hydrogen-bond acceptors (Lipinski definition) is 4. The van der Waals surface area contributed by atoms with Crippen molar-refractivity contribution in [3.8, 4) is 11.5 Å². The van der Waals surface area contributed by atoms with Gasteiger partial charge < -0.3 is 14.8 Å². The SMILES string of the molecule is COc1ccnc(CNC2CCCCCC2)c1OC. The van der Waals surface area contributed by atoms with Crippen molar-refractivity contribution in [3.05, 3.63) is 18.0 Å². The first-order chi connectivity index (χ1) is 9.35. The van der Waals surface area contributed by atoms with E-state index < -0.39 is 0 Å². The summed E-state index contributed by atoms with van der Waals surface area (Å²) in [6, 6.07) is 2.44. The van der Waals surface area contributed by atoms with Crippen molar-refractivity contribution < 1.29 is 9.47 Å². The summed E-state index contributed by atoms with van der Waals surface area (Å²) in [5, 5.41) is 3.61. The average Bonchev–Trinajstić information content (AvgIpc) is 2.73. The number of hydrogen-bond donors (Lipinski definition) is 1. The number of pyridine rings is 1.